The van der Waals surface area contributed by atoms with Crippen LogP contribution < -0.4 is 10.2 Å². The predicted molar refractivity (Wildman–Crippen MR) is 124 cm³/mol. The summed E-state index contributed by atoms with van der Waals surface area (Å²) < 4.78 is 0. The average Bonchev–Trinajstić information content (AvgIpc) is 3.47. The van der Waals surface area contributed by atoms with Crippen molar-refractivity contribution in [3.63, 3.8) is 0 Å². The van der Waals surface area contributed by atoms with Gasteiger partial charge < -0.3 is 10.2 Å². The van der Waals surface area contributed by atoms with Gasteiger partial charge in [-0.25, -0.2) is 0 Å². The van der Waals surface area contributed by atoms with Crippen molar-refractivity contribution < 1.29 is 0 Å². The van der Waals surface area contributed by atoms with E-state index in [1.807, 2.05) is 42.6 Å². The molecular weight excluding hydrogens is 370 g/mol. The molecule has 1 saturated heterocycles. The Bertz CT molecular complexity index is 1140. The topological polar surface area (TPSA) is 56.8 Å². The summed E-state index contributed by atoms with van der Waals surface area (Å²) in [6, 6.07) is 20.8. The van der Waals surface area contributed by atoms with Gasteiger partial charge in [-0.15, -0.1) is 0 Å². The maximum Gasteiger partial charge on any atom is 0.0928 e. The number of aromatic amines is 1. The molecule has 2 aromatic heterocycles. The van der Waals surface area contributed by atoms with E-state index in [9.17, 15) is 0 Å². The van der Waals surface area contributed by atoms with E-state index in [2.05, 4.69) is 61.8 Å². The van der Waals surface area contributed by atoms with E-state index in [4.69, 9.17) is 0 Å². The first-order valence-electron chi connectivity index (χ1n) is 10.5. The lowest BCUT2D eigenvalue weighted by Crippen LogP contribution is -2.19. The predicted octanol–water partition coefficient (Wildman–Crippen LogP) is 5.34. The maximum absolute atomic E-state index is 4.57. The second-order valence-electron chi connectivity index (χ2n) is 7.64. The van der Waals surface area contributed by atoms with Crippen LogP contribution in [-0.4, -0.2) is 28.3 Å². The molecule has 2 aromatic carbocycles. The van der Waals surface area contributed by atoms with Crippen molar-refractivity contribution in [3.05, 3.63) is 83.8 Å². The number of pyridine rings is 1. The van der Waals surface area contributed by atoms with Gasteiger partial charge in [0.1, 0.15) is 0 Å². The molecule has 5 heteroatoms. The molecule has 2 N–H and O–H groups in total. The Kier molecular flexibility index (Phi) is 5.17. The van der Waals surface area contributed by atoms with Crippen molar-refractivity contribution in [2.24, 2.45) is 0 Å². The van der Waals surface area contributed by atoms with Crippen molar-refractivity contribution in [2.75, 3.05) is 23.3 Å². The van der Waals surface area contributed by atoms with Crippen molar-refractivity contribution in [1.29, 1.82) is 0 Å². The van der Waals surface area contributed by atoms with Crippen LogP contribution in [0.3, 0.4) is 0 Å². The number of rotatable bonds is 6. The monoisotopic (exact) mass is 395 g/mol. The van der Waals surface area contributed by atoms with Crippen LogP contribution in [0.5, 0.6) is 0 Å². The summed E-state index contributed by atoms with van der Waals surface area (Å²) >= 11 is 0. The first kappa shape index (κ1) is 18.4. The molecule has 0 atom stereocenters. The lowest BCUT2D eigenvalue weighted by Gasteiger charge is -2.22. The van der Waals surface area contributed by atoms with E-state index in [0.717, 1.165) is 46.6 Å². The minimum absolute atomic E-state index is 0.695. The number of hydrogen-bond donors (Lipinski definition) is 2. The third-order valence-corrected chi connectivity index (χ3v) is 5.57. The molecule has 0 bridgehead atoms. The summed E-state index contributed by atoms with van der Waals surface area (Å²) in [7, 11) is 0. The molecule has 0 saturated carbocycles. The van der Waals surface area contributed by atoms with Gasteiger partial charge in [0.2, 0.25) is 0 Å². The third kappa shape index (κ3) is 3.92. The second-order valence-corrected chi connectivity index (χ2v) is 7.64. The van der Waals surface area contributed by atoms with Crippen LogP contribution in [0.1, 0.15) is 29.8 Å². The van der Waals surface area contributed by atoms with Gasteiger partial charge in [-0.2, -0.15) is 5.10 Å². The highest BCUT2D eigenvalue weighted by atomic mass is 15.2. The first-order valence-corrected chi connectivity index (χ1v) is 10.5. The second kappa shape index (κ2) is 8.41. The number of benzene rings is 2. The molecule has 5 nitrogen and oxygen atoms in total. The zero-order valence-corrected chi connectivity index (χ0v) is 16.9. The van der Waals surface area contributed by atoms with Gasteiger partial charge in [0, 0.05) is 24.7 Å². The van der Waals surface area contributed by atoms with Gasteiger partial charge in [-0.3, -0.25) is 10.1 Å². The Morgan fingerprint density at radius 2 is 1.80 bits per heavy atom. The standard InChI is InChI=1S/C25H25N5/c1-2-8-19(9-3-1)11-12-22-21-16-24(27-18-20-10-4-5-13-26-20)25(17-23(21)29-28-22)30-14-6-7-15-30/h1-5,8-13,16-17,27H,6-7,14-15,18H2,(H,28,29)/b12-11+. The Hall–Kier alpha value is -3.60. The number of nitrogens with one attached hydrogen (secondary N) is 2. The number of H-pyrrole nitrogens is 1. The summed E-state index contributed by atoms with van der Waals surface area (Å²) in [5.41, 5.74) is 6.57. The lowest BCUT2D eigenvalue weighted by atomic mass is 10.1. The highest BCUT2D eigenvalue weighted by Gasteiger charge is 2.18. The van der Waals surface area contributed by atoms with Gasteiger partial charge in [0.05, 0.1) is 34.8 Å². The van der Waals surface area contributed by atoms with Crippen LogP contribution in [-0.2, 0) is 6.54 Å². The smallest absolute Gasteiger partial charge is 0.0928 e. The molecule has 5 rings (SSSR count). The molecule has 0 amide bonds. The number of nitrogens with zero attached hydrogens (tertiary/aromatic N) is 3. The van der Waals surface area contributed by atoms with Crippen molar-refractivity contribution >= 4 is 34.4 Å². The summed E-state index contributed by atoms with van der Waals surface area (Å²) in [6.45, 7) is 2.89. The molecule has 0 aliphatic carbocycles. The Morgan fingerprint density at radius 3 is 2.60 bits per heavy atom. The fraction of sp³-hybridized carbons (Fsp3) is 0.200. The van der Waals surface area contributed by atoms with E-state index in [0.29, 0.717) is 6.54 Å². The minimum atomic E-state index is 0.695. The zero-order chi connectivity index (χ0) is 20.2. The van der Waals surface area contributed by atoms with E-state index in [1.54, 1.807) is 0 Å². The Balaban J connectivity index is 1.49. The number of fused-ring (bicyclic) bond motifs is 1. The number of anilines is 2. The highest BCUT2D eigenvalue weighted by Crippen LogP contribution is 2.34. The number of hydrogen-bond acceptors (Lipinski definition) is 4. The van der Waals surface area contributed by atoms with Gasteiger partial charge in [0.25, 0.3) is 0 Å². The molecule has 30 heavy (non-hydrogen) atoms. The molecule has 0 spiro atoms. The highest BCUT2D eigenvalue weighted by molar-refractivity contribution is 5.96. The average molecular weight is 396 g/mol. The van der Waals surface area contributed by atoms with Gasteiger partial charge >= 0.3 is 0 Å². The minimum Gasteiger partial charge on any atom is -0.378 e. The Labute approximate surface area is 176 Å². The molecule has 150 valence electrons. The fourth-order valence-corrected chi connectivity index (χ4v) is 3.99. The van der Waals surface area contributed by atoms with E-state index in [-0.39, 0.29) is 0 Å². The first-order chi connectivity index (χ1) is 14.9. The van der Waals surface area contributed by atoms with Gasteiger partial charge in [0.15, 0.2) is 0 Å². The zero-order valence-electron chi connectivity index (χ0n) is 16.9. The van der Waals surface area contributed by atoms with E-state index in [1.165, 1.54) is 18.5 Å². The van der Waals surface area contributed by atoms with Crippen LogP contribution >= 0.6 is 0 Å². The molecule has 4 aromatic rings. The van der Waals surface area contributed by atoms with Gasteiger partial charge in [-0.05, 0) is 48.7 Å². The summed E-state index contributed by atoms with van der Waals surface area (Å²) in [5, 5.41) is 12.5. The summed E-state index contributed by atoms with van der Waals surface area (Å²) in [4.78, 5) is 6.91. The van der Waals surface area contributed by atoms with Crippen molar-refractivity contribution in [1.82, 2.24) is 15.2 Å². The van der Waals surface area contributed by atoms with Crippen LogP contribution in [0.4, 0.5) is 11.4 Å². The molecule has 1 aliphatic rings. The third-order valence-electron chi connectivity index (χ3n) is 5.57. The molecule has 1 fully saturated rings. The molecular formula is C25H25N5. The van der Waals surface area contributed by atoms with Crippen molar-refractivity contribution in [2.45, 2.75) is 19.4 Å². The van der Waals surface area contributed by atoms with Crippen LogP contribution in [0.25, 0.3) is 23.1 Å². The van der Waals surface area contributed by atoms with E-state index < -0.39 is 0 Å². The largest absolute Gasteiger partial charge is 0.378 e. The number of aromatic nitrogens is 3. The Morgan fingerprint density at radius 1 is 0.967 bits per heavy atom. The van der Waals surface area contributed by atoms with Crippen LogP contribution in [0, 0.1) is 0 Å². The summed E-state index contributed by atoms with van der Waals surface area (Å²) in [6.07, 6.45) is 8.50. The maximum atomic E-state index is 4.57. The quantitative estimate of drug-likeness (QED) is 0.463. The van der Waals surface area contributed by atoms with Crippen LogP contribution in [0.15, 0.2) is 66.9 Å². The van der Waals surface area contributed by atoms with Crippen molar-refractivity contribution in [3.8, 4) is 0 Å². The molecule has 0 unspecified atom stereocenters. The normalized spacial score (nSPS) is 14.1. The summed E-state index contributed by atoms with van der Waals surface area (Å²) in [5.74, 6) is 0. The van der Waals surface area contributed by atoms with Gasteiger partial charge in [-0.1, -0.05) is 42.5 Å². The van der Waals surface area contributed by atoms with E-state index >= 15 is 0 Å². The van der Waals surface area contributed by atoms with Crippen LogP contribution in [0.2, 0.25) is 0 Å². The molecule has 3 heterocycles. The lowest BCUT2D eigenvalue weighted by molar-refractivity contribution is 0.949. The fourth-order valence-electron chi connectivity index (χ4n) is 3.99. The SMILES string of the molecule is C(=C\c1n[nH]c2cc(N3CCCC3)c(NCc3ccccn3)cc12)/c1ccccc1. The molecule has 0 radical (unpaired) electrons. The molecule has 1 aliphatic heterocycles.